The van der Waals surface area contributed by atoms with Gasteiger partial charge in [-0.3, -0.25) is 0 Å². The van der Waals surface area contributed by atoms with Gasteiger partial charge in [0.15, 0.2) is 0 Å². The molecule has 0 bridgehead atoms. The average molecular weight is 508 g/mol. The molecule has 3 aliphatic rings. The molecule has 3 saturated carbocycles. The summed E-state index contributed by atoms with van der Waals surface area (Å²) in [6.07, 6.45) is 19.6. The predicted molar refractivity (Wildman–Crippen MR) is 149 cm³/mol. The maximum Gasteiger partial charge on any atom is 0.231 e. The third-order valence-corrected chi connectivity index (χ3v) is 7.35. The van der Waals surface area contributed by atoms with Gasteiger partial charge in [0.1, 0.15) is 0 Å². The molecule has 3 fully saturated rings. The molecule has 0 aromatic rings. The molecule has 0 amide bonds. The number of carbonyl (C=O) groups excluding carboxylic acids is 3. The van der Waals surface area contributed by atoms with Crippen molar-refractivity contribution in [2.24, 2.45) is 34.0 Å². The van der Waals surface area contributed by atoms with Crippen LogP contribution < -0.4 is 0 Å². The Kier molecular flexibility index (Phi) is 22.8. The second-order valence-electron chi connectivity index (χ2n) is 13.4. The number of hydrogen-bond donors (Lipinski definition) is 3. The van der Waals surface area contributed by atoms with Gasteiger partial charge in [-0.05, 0) is 72.5 Å². The van der Waals surface area contributed by atoms with Gasteiger partial charge in [0.05, 0.1) is 0 Å². The molecule has 0 aromatic heterocycles. The van der Waals surface area contributed by atoms with Gasteiger partial charge in [-0.2, -0.15) is 0 Å². The molecule has 0 saturated heterocycles. The van der Waals surface area contributed by atoms with Crippen LogP contribution in [0.4, 0.5) is 0 Å². The van der Waals surface area contributed by atoms with Gasteiger partial charge in [0.2, 0.25) is 18.2 Å². The molecule has 36 heavy (non-hydrogen) atoms. The molecule has 6 heteroatoms. The number of nitrogens with one attached hydrogen (secondary N) is 3. The third-order valence-electron chi connectivity index (χ3n) is 7.35. The van der Waals surface area contributed by atoms with E-state index in [-0.39, 0.29) is 0 Å². The quantitative estimate of drug-likeness (QED) is 0.223. The van der Waals surface area contributed by atoms with Crippen molar-refractivity contribution in [3.05, 3.63) is 0 Å². The molecule has 0 heterocycles. The van der Waals surface area contributed by atoms with E-state index in [4.69, 9.17) is 30.6 Å². The summed E-state index contributed by atoms with van der Waals surface area (Å²) < 4.78 is 0. The molecule has 3 unspecified atom stereocenters. The number of rotatable bonds is 0. The van der Waals surface area contributed by atoms with Gasteiger partial charge < -0.3 is 0 Å². The fourth-order valence-corrected chi connectivity index (χ4v) is 6.23. The van der Waals surface area contributed by atoms with E-state index < -0.39 is 0 Å². The Morgan fingerprint density at radius 2 is 0.667 bits per heavy atom. The van der Waals surface area contributed by atoms with Crippen LogP contribution in [0, 0.1) is 50.2 Å². The molecular formula is C30H57N3O3. The van der Waals surface area contributed by atoms with E-state index in [2.05, 4.69) is 62.3 Å². The number of isocyanates is 3. The molecule has 0 aromatic carbocycles. The summed E-state index contributed by atoms with van der Waals surface area (Å²) in [5, 5.41) is 16.2. The van der Waals surface area contributed by atoms with Gasteiger partial charge in [-0.1, -0.05) is 101 Å². The normalized spacial score (nSPS) is 26.4. The van der Waals surface area contributed by atoms with Crippen molar-refractivity contribution < 1.29 is 14.4 Å². The van der Waals surface area contributed by atoms with Crippen molar-refractivity contribution in [1.29, 1.82) is 16.2 Å². The zero-order chi connectivity index (χ0) is 28.8. The van der Waals surface area contributed by atoms with Crippen molar-refractivity contribution in [2.75, 3.05) is 0 Å². The highest BCUT2D eigenvalue weighted by molar-refractivity contribution is 5.26. The first kappa shape index (κ1) is 38.7. The minimum absolute atomic E-state index is 0.650. The van der Waals surface area contributed by atoms with Crippen LogP contribution in [-0.4, -0.2) is 18.2 Å². The van der Waals surface area contributed by atoms with E-state index >= 15 is 0 Å². The van der Waals surface area contributed by atoms with Crippen LogP contribution >= 0.6 is 0 Å². The maximum absolute atomic E-state index is 8.35. The van der Waals surface area contributed by atoms with Crippen LogP contribution in [0.3, 0.4) is 0 Å². The molecule has 0 aliphatic heterocycles. The molecule has 3 rings (SSSR count). The average Bonchev–Trinajstić information content (AvgIpc) is 2.68. The monoisotopic (exact) mass is 507 g/mol. The van der Waals surface area contributed by atoms with E-state index in [0.29, 0.717) is 16.2 Å². The van der Waals surface area contributed by atoms with Crippen LogP contribution in [0.2, 0.25) is 0 Å². The van der Waals surface area contributed by atoms with Crippen molar-refractivity contribution >= 4 is 18.2 Å². The van der Waals surface area contributed by atoms with Gasteiger partial charge in [0.25, 0.3) is 0 Å². The van der Waals surface area contributed by atoms with Crippen LogP contribution in [0.25, 0.3) is 0 Å². The molecule has 6 nitrogen and oxygen atoms in total. The Labute approximate surface area is 222 Å². The fraction of sp³-hybridized carbons (Fsp3) is 0.900. The van der Waals surface area contributed by atoms with Crippen LogP contribution in [0.5, 0.6) is 0 Å². The second-order valence-corrected chi connectivity index (χ2v) is 13.4. The molecule has 3 N–H and O–H groups in total. The van der Waals surface area contributed by atoms with E-state index in [1.54, 1.807) is 0 Å². The second kappa shape index (κ2) is 21.2. The standard InChI is InChI=1S/3C9H18.3CHNO/c3*1-8-5-4-6-9(2,3)7-8;3*2-1-3/h3*8H,4-7H2,1-3H3;3*2H. The van der Waals surface area contributed by atoms with Gasteiger partial charge >= 0.3 is 0 Å². The zero-order valence-electron chi connectivity index (χ0n) is 24.9. The lowest BCUT2D eigenvalue weighted by Crippen LogP contribution is -2.20. The van der Waals surface area contributed by atoms with Crippen molar-refractivity contribution in [1.82, 2.24) is 0 Å². The minimum atomic E-state index is 0.650. The summed E-state index contributed by atoms with van der Waals surface area (Å²) in [6.45, 7) is 21.5. The Morgan fingerprint density at radius 1 is 0.500 bits per heavy atom. The van der Waals surface area contributed by atoms with Gasteiger partial charge in [-0.25, -0.2) is 30.6 Å². The Hall–Kier alpha value is -1.86. The number of hydrogen-bond acceptors (Lipinski definition) is 6. The van der Waals surface area contributed by atoms with Gasteiger partial charge in [-0.15, -0.1) is 0 Å². The third kappa shape index (κ3) is 26.7. The molecule has 3 aliphatic carbocycles. The molecule has 0 spiro atoms. The van der Waals surface area contributed by atoms with Crippen molar-refractivity contribution in [3.63, 3.8) is 0 Å². The smallest absolute Gasteiger partial charge is 0.222 e. The summed E-state index contributed by atoms with van der Waals surface area (Å²) in [4.78, 5) is 25.0. The Morgan fingerprint density at radius 3 is 0.750 bits per heavy atom. The lowest BCUT2D eigenvalue weighted by molar-refractivity contribution is 0.191. The minimum Gasteiger partial charge on any atom is -0.222 e. The van der Waals surface area contributed by atoms with Crippen molar-refractivity contribution in [3.8, 4) is 0 Å². The highest BCUT2D eigenvalue weighted by Gasteiger charge is 2.26. The lowest BCUT2D eigenvalue weighted by atomic mass is 9.73. The topological polar surface area (TPSA) is 123 Å². The highest BCUT2D eigenvalue weighted by Crippen LogP contribution is 2.39. The fourth-order valence-electron chi connectivity index (χ4n) is 6.23. The summed E-state index contributed by atoms with van der Waals surface area (Å²) in [5.41, 5.74) is 1.95. The molecular weight excluding hydrogens is 450 g/mol. The van der Waals surface area contributed by atoms with Crippen LogP contribution in [0.1, 0.15) is 139 Å². The summed E-state index contributed by atoms with van der Waals surface area (Å²) in [7, 11) is 0. The van der Waals surface area contributed by atoms with E-state index in [9.17, 15) is 0 Å². The maximum atomic E-state index is 8.35. The predicted octanol–water partition coefficient (Wildman–Crippen LogP) is 9.37. The van der Waals surface area contributed by atoms with Gasteiger partial charge in [0, 0.05) is 0 Å². The molecule has 3 atom stereocenters. The first-order valence-electron chi connectivity index (χ1n) is 13.7. The van der Waals surface area contributed by atoms with Crippen LogP contribution in [0.15, 0.2) is 0 Å². The highest BCUT2D eigenvalue weighted by atomic mass is 16.1. The SMILES string of the molecule is CC1CCCC(C)(C)C1.CC1CCCC(C)(C)C1.CC1CCCC(C)(C)C1.N=C=O.N=C=O.N=C=O. The summed E-state index contributed by atoms with van der Waals surface area (Å²) in [5.74, 6) is 2.94. The molecule has 0 radical (unpaired) electrons. The first-order valence-corrected chi connectivity index (χ1v) is 13.7. The first-order chi connectivity index (χ1) is 16.5. The lowest BCUT2D eigenvalue weighted by Gasteiger charge is -2.33. The Bertz CT molecular complexity index is 562. The Balaban J connectivity index is -0.000000390. The largest absolute Gasteiger partial charge is 0.231 e. The van der Waals surface area contributed by atoms with Crippen LogP contribution in [-0.2, 0) is 14.4 Å². The molecule has 210 valence electrons. The summed E-state index contributed by atoms with van der Waals surface area (Å²) >= 11 is 0. The van der Waals surface area contributed by atoms with E-state index in [0.717, 1.165) is 36.0 Å². The van der Waals surface area contributed by atoms with E-state index in [1.807, 2.05) is 0 Å². The van der Waals surface area contributed by atoms with E-state index in [1.165, 1.54) is 77.0 Å². The van der Waals surface area contributed by atoms with Crippen molar-refractivity contribution in [2.45, 2.75) is 139 Å². The zero-order valence-corrected chi connectivity index (χ0v) is 24.9. The summed E-state index contributed by atoms with van der Waals surface area (Å²) in [6, 6.07) is 0.